The van der Waals surface area contributed by atoms with Crippen LogP contribution in [0.25, 0.3) is 11.1 Å². The third-order valence-electron chi connectivity index (χ3n) is 5.94. The minimum absolute atomic E-state index is 0.0223. The highest BCUT2D eigenvalue weighted by molar-refractivity contribution is 5.98. The summed E-state index contributed by atoms with van der Waals surface area (Å²) < 4.78 is 5.51. The molecule has 5 nitrogen and oxygen atoms in total. The molecule has 1 N–H and O–H groups in total. The van der Waals surface area contributed by atoms with Gasteiger partial charge < -0.3 is 15.0 Å². The molecule has 4 rings (SSSR count). The molecule has 5 heteroatoms. The maximum absolute atomic E-state index is 13.1. The standard InChI is InChI=1S/C26H29N3O2/c1-20(28-16-18-29(19-17-28)24-14-8-9-15-25(24)31-2)26(30)27-23-13-7-6-12-22(23)21-10-4-3-5-11-21/h3-15,20H,16-19H2,1-2H3,(H,27,30)/t20-/m0/s1. The number of anilines is 2. The van der Waals surface area contributed by atoms with Crippen LogP contribution in [0.4, 0.5) is 11.4 Å². The van der Waals surface area contributed by atoms with Gasteiger partial charge in [0.05, 0.1) is 18.8 Å². The van der Waals surface area contributed by atoms with Gasteiger partial charge in [0.15, 0.2) is 0 Å². The minimum Gasteiger partial charge on any atom is -0.495 e. The number of methoxy groups -OCH3 is 1. The number of carbonyl (C=O) groups is 1. The number of hydrogen-bond donors (Lipinski definition) is 1. The highest BCUT2D eigenvalue weighted by Crippen LogP contribution is 2.30. The van der Waals surface area contributed by atoms with Crippen LogP contribution in [0, 0.1) is 0 Å². The van der Waals surface area contributed by atoms with E-state index in [9.17, 15) is 4.79 Å². The molecule has 160 valence electrons. The molecular formula is C26H29N3O2. The summed E-state index contributed by atoms with van der Waals surface area (Å²) in [6.07, 6.45) is 0. The Morgan fingerprint density at radius 3 is 2.26 bits per heavy atom. The summed E-state index contributed by atoms with van der Waals surface area (Å²) in [5, 5.41) is 3.15. The monoisotopic (exact) mass is 415 g/mol. The smallest absolute Gasteiger partial charge is 0.241 e. The van der Waals surface area contributed by atoms with Gasteiger partial charge in [0, 0.05) is 37.4 Å². The van der Waals surface area contributed by atoms with Gasteiger partial charge in [0.1, 0.15) is 5.75 Å². The molecule has 1 aliphatic heterocycles. The zero-order chi connectivity index (χ0) is 21.6. The molecule has 0 bridgehead atoms. The van der Waals surface area contributed by atoms with E-state index < -0.39 is 0 Å². The van der Waals surface area contributed by atoms with Gasteiger partial charge in [-0.15, -0.1) is 0 Å². The average molecular weight is 416 g/mol. The fourth-order valence-corrected chi connectivity index (χ4v) is 4.11. The van der Waals surface area contributed by atoms with Crippen molar-refractivity contribution in [2.24, 2.45) is 0 Å². The van der Waals surface area contributed by atoms with Crippen molar-refractivity contribution in [3.05, 3.63) is 78.9 Å². The third-order valence-corrected chi connectivity index (χ3v) is 5.94. The first-order valence-corrected chi connectivity index (χ1v) is 10.7. The maximum Gasteiger partial charge on any atom is 0.241 e. The predicted molar refractivity (Wildman–Crippen MR) is 127 cm³/mol. The van der Waals surface area contributed by atoms with Crippen LogP contribution in [0.1, 0.15) is 6.92 Å². The highest BCUT2D eigenvalue weighted by atomic mass is 16.5. The average Bonchev–Trinajstić information content (AvgIpc) is 2.84. The van der Waals surface area contributed by atoms with E-state index in [4.69, 9.17) is 4.74 Å². The van der Waals surface area contributed by atoms with E-state index in [2.05, 4.69) is 33.3 Å². The molecule has 31 heavy (non-hydrogen) atoms. The molecule has 0 unspecified atom stereocenters. The minimum atomic E-state index is -0.205. The molecule has 0 spiro atoms. The zero-order valence-corrected chi connectivity index (χ0v) is 18.1. The summed E-state index contributed by atoms with van der Waals surface area (Å²) in [7, 11) is 1.70. The van der Waals surface area contributed by atoms with Crippen molar-refractivity contribution >= 4 is 17.3 Å². The Labute approximate surface area is 184 Å². The number of nitrogens with zero attached hydrogens (tertiary/aromatic N) is 2. The molecule has 1 amide bonds. The van der Waals surface area contributed by atoms with Crippen molar-refractivity contribution < 1.29 is 9.53 Å². The van der Waals surface area contributed by atoms with E-state index in [0.717, 1.165) is 54.4 Å². The van der Waals surface area contributed by atoms with Crippen LogP contribution in [0.2, 0.25) is 0 Å². The van der Waals surface area contributed by atoms with Crippen molar-refractivity contribution in [1.29, 1.82) is 0 Å². The van der Waals surface area contributed by atoms with Crippen LogP contribution in [0.15, 0.2) is 78.9 Å². The second-order valence-electron chi connectivity index (χ2n) is 7.77. The molecule has 1 saturated heterocycles. The summed E-state index contributed by atoms with van der Waals surface area (Å²) in [5.41, 5.74) is 4.08. The number of para-hydroxylation sites is 3. The van der Waals surface area contributed by atoms with Crippen LogP contribution in [0.5, 0.6) is 5.75 Å². The number of rotatable bonds is 6. The van der Waals surface area contributed by atoms with Crippen LogP contribution < -0.4 is 15.0 Å². The lowest BCUT2D eigenvalue weighted by Crippen LogP contribution is -2.52. The summed E-state index contributed by atoms with van der Waals surface area (Å²) >= 11 is 0. The Morgan fingerprint density at radius 1 is 0.871 bits per heavy atom. The Hall–Kier alpha value is -3.31. The van der Waals surface area contributed by atoms with Crippen molar-refractivity contribution in [2.45, 2.75) is 13.0 Å². The topological polar surface area (TPSA) is 44.8 Å². The molecule has 0 radical (unpaired) electrons. The van der Waals surface area contributed by atoms with Gasteiger partial charge in [-0.05, 0) is 30.7 Å². The Balaban J connectivity index is 1.40. The first-order valence-electron chi connectivity index (χ1n) is 10.7. The van der Waals surface area contributed by atoms with Crippen LogP contribution in [-0.2, 0) is 4.79 Å². The SMILES string of the molecule is COc1ccccc1N1CCN([C@@H](C)C(=O)Nc2ccccc2-c2ccccc2)CC1. The molecule has 1 aliphatic rings. The van der Waals surface area contributed by atoms with Crippen LogP contribution in [-0.4, -0.2) is 50.1 Å². The summed E-state index contributed by atoms with van der Waals surface area (Å²) in [4.78, 5) is 17.6. The molecule has 0 aromatic heterocycles. The second kappa shape index (κ2) is 9.67. The highest BCUT2D eigenvalue weighted by Gasteiger charge is 2.27. The van der Waals surface area contributed by atoms with E-state index >= 15 is 0 Å². The van der Waals surface area contributed by atoms with Crippen LogP contribution in [0.3, 0.4) is 0 Å². The third kappa shape index (κ3) is 4.72. The van der Waals surface area contributed by atoms with Gasteiger partial charge >= 0.3 is 0 Å². The number of ether oxygens (including phenoxy) is 1. The number of benzene rings is 3. The molecule has 0 aliphatic carbocycles. The lowest BCUT2D eigenvalue weighted by molar-refractivity contribution is -0.120. The molecular weight excluding hydrogens is 386 g/mol. The van der Waals surface area contributed by atoms with Gasteiger partial charge in [-0.1, -0.05) is 60.7 Å². The first kappa shape index (κ1) is 20.9. The zero-order valence-electron chi connectivity index (χ0n) is 18.1. The Bertz CT molecular complexity index is 1010. The first-order chi connectivity index (χ1) is 15.2. The lowest BCUT2D eigenvalue weighted by Gasteiger charge is -2.39. The van der Waals surface area contributed by atoms with Crippen molar-refractivity contribution in [2.75, 3.05) is 43.5 Å². The second-order valence-corrected chi connectivity index (χ2v) is 7.77. The molecule has 1 heterocycles. The van der Waals surface area contributed by atoms with Crippen LogP contribution >= 0.6 is 0 Å². The van der Waals surface area contributed by atoms with Crippen molar-refractivity contribution in [1.82, 2.24) is 4.90 Å². The number of nitrogens with one attached hydrogen (secondary N) is 1. The van der Waals surface area contributed by atoms with Crippen molar-refractivity contribution in [3.63, 3.8) is 0 Å². The van der Waals surface area contributed by atoms with Gasteiger partial charge in [-0.2, -0.15) is 0 Å². The summed E-state index contributed by atoms with van der Waals surface area (Å²) in [5.74, 6) is 0.911. The molecule has 0 saturated carbocycles. The summed E-state index contributed by atoms with van der Waals surface area (Å²) in [6.45, 7) is 5.36. The number of amides is 1. The maximum atomic E-state index is 13.1. The van der Waals surface area contributed by atoms with Gasteiger partial charge in [0.2, 0.25) is 5.91 Å². The van der Waals surface area contributed by atoms with Gasteiger partial charge in [-0.25, -0.2) is 0 Å². The van der Waals surface area contributed by atoms with Gasteiger partial charge in [-0.3, -0.25) is 9.69 Å². The fraction of sp³-hybridized carbons (Fsp3) is 0.269. The fourth-order valence-electron chi connectivity index (χ4n) is 4.11. The van der Waals surface area contributed by atoms with E-state index in [0.29, 0.717) is 0 Å². The van der Waals surface area contributed by atoms with Crippen molar-refractivity contribution in [3.8, 4) is 16.9 Å². The Kier molecular flexibility index (Phi) is 6.53. The largest absolute Gasteiger partial charge is 0.495 e. The predicted octanol–water partition coefficient (Wildman–Crippen LogP) is 4.51. The van der Waals surface area contributed by atoms with E-state index in [-0.39, 0.29) is 11.9 Å². The van der Waals surface area contributed by atoms with E-state index in [1.807, 2.05) is 67.6 Å². The molecule has 3 aromatic carbocycles. The Morgan fingerprint density at radius 2 is 1.52 bits per heavy atom. The quantitative estimate of drug-likeness (QED) is 0.643. The number of carbonyl (C=O) groups excluding carboxylic acids is 1. The van der Waals surface area contributed by atoms with E-state index in [1.165, 1.54) is 0 Å². The normalized spacial score (nSPS) is 15.4. The lowest BCUT2D eigenvalue weighted by atomic mass is 10.0. The molecule has 1 fully saturated rings. The van der Waals surface area contributed by atoms with Gasteiger partial charge in [0.25, 0.3) is 0 Å². The number of hydrogen-bond acceptors (Lipinski definition) is 4. The van der Waals surface area contributed by atoms with E-state index in [1.54, 1.807) is 7.11 Å². The summed E-state index contributed by atoms with van der Waals surface area (Å²) in [6, 6.07) is 26.0. The number of piperazine rings is 1. The molecule has 3 aromatic rings. The molecule has 1 atom stereocenters.